The first-order valence-corrected chi connectivity index (χ1v) is 13.4. The zero-order chi connectivity index (χ0) is 23.8. The van der Waals surface area contributed by atoms with Crippen molar-refractivity contribution in [1.82, 2.24) is 9.97 Å². The van der Waals surface area contributed by atoms with Crippen molar-refractivity contribution in [3.05, 3.63) is 48.8 Å². The van der Waals surface area contributed by atoms with Gasteiger partial charge in [-0.05, 0) is 41.8 Å². The van der Waals surface area contributed by atoms with E-state index in [9.17, 15) is 0 Å². The molecule has 0 aliphatic rings. The first kappa shape index (κ1) is 26.0. The molecule has 2 aromatic carbocycles. The maximum Gasteiger partial charge on any atom is 0.159 e. The Morgan fingerprint density at radius 2 is 1.09 bits per heavy atom. The lowest BCUT2D eigenvalue weighted by Crippen LogP contribution is -1.99. The smallest absolute Gasteiger partial charge is 0.159 e. The van der Waals surface area contributed by atoms with E-state index in [4.69, 9.17) is 9.47 Å². The number of aromatic nitrogens is 2. The van der Waals surface area contributed by atoms with Gasteiger partial charge in [0.25, 0.3) is 0 Å². The third kappa shape index (κ3) is 8.96. The van der Waals surface area contributed by atoms with E-state index in [0.29, 0.717) is 0 Å². The van der Waals surface area contributed by atoms with Crippen LogP contribution in [0.4, 0.5) is 0 Å². The van der Waals surface area contributed by atoms with E-state index >= 15 is 0 Å². The number of hydrogen-bond acceptors (Lipinski definition) is 4. The van der Waals surface area contributed by atoms with Crippen molar-refractivity contribution >= 4 is 10.8 Å². The second kappa shape index (κ2) is 15.3. The standard InChI is InChI=1S/C30H42N2O2/c1-3-5-7-9-11-13-19-33-28-18-17-25-21-27(16-15-26(25)22-28)30-31-23-29(24-32-30)34-20-14-12-10-8-6-4-2/h15-18,21-24H,3-14,19-20H2,1-2H3. The van der Waals surface area contributed by atoms with E-state index in [0.717, 1.165) is 54.3 Å². The molecule has 3 aromatic rings. The zero-order valence-electron chi connectivity index (χ0n) is 21.2. The highest BCUT2D eigenvalue weighted by Crippen LogP contribution is 2.26. The summed E-state index contributed by atoms with van der Waals surface area (Å²) in [6, 6.07) is 12.6. The molecule has 34 heavy (non-hydrogen) atoms. The van der Waals surface area contributed by atoms with Crippen LogP contribution < -0.4 is 9.47 Å². The predicted octanol–water partition coefficient (Wildman–Crippen LogP) is 8.78. The molecule has 4 nitrogen and oxygen atoms in total. The summed E-state index contributed by atoms with van der Waals surface area (Å²) in [5, 5.41) is 2.33. The molecule has 0 bridgehead atoms. The van der Waals surface area contributed by atoms with Gasteiger partial charge in [-0.3, -0.25) is 0 Å². The Balaban J connectivity index is 1.46. The highest BCUT2D eigenvalue weighted by molar-refractivity contribution is 5.87. The first-order chi connectivity index (χ1) is 16.8. The molecule has 0 saturated heterocycles. The van der Waals surface area contributed by atoms with Crippen molar-refractivity contribution in [2.75, 3.05) is 13.2 Å². The van der Waals surface area contributed by atoms with Crippen LogP contribution in [0.2, 0.25) is 0 Å². The molecule has 184 valence electrons. The number of ether oxygens (including phenoxy) is 2. The molecule has 0 radical (unpaired) electrons. The molecule has 0 aliphatic heterocycles. The van der Waals surface area contributed by atoms with Gasteiger partial charge in [0.1, 0.15) is 5.75 Å². The minimum absolute atomic E-state index is 0.720. The SMILES string of the molecule is CCCCCCCCOc1cnc(-c2ccc3cc(OCCCCCCCC)ccc3c2)nc1. The predicted molar refractivity (Wildman–Crippen MR) is 143 cm³/mol. The summed E-state index contributed by atoms with van der Waals surface area (Å²) in [7, 11) is 0. The molecule has 0 saturated carbocycles. The monoisotopic (exact) mass is 462 g/mol. The quantitative estimate of drug-likeness (QED) is 0.188. The molecule has 3 rings (SSSR count). The third-order valence-electron chi connectivity index (χ3n) is 6.23. The fourth-order valence-electron chi connectivity index (χ4n) is 4.14. The Morgan fingerprint density at radius 1 is 0.559 bits per heavy atom. The van der Waals surface area contributed by atoms with Crippen LogP contribution in [0.3, 0.4) is 0 Å². The molecule has 4 heteroatoms. The zero-order valence-corrected chi connectivity index (χ0v) is 21.2. The Kier molecular flexibility index (Phi) is 11.7. The fraction of sp³-hybridized carbons (Fsp3) is 0.533. The van der Waals surface area contributed by atoms with Crippen LogP contribution in [0, 0.1) is 0 Å². The van der Waals surface area contributed by atoms with E-state index in [1.807, 2.05) is 0 Å². The summed E-state index contributed by atoms with van der Waals surface area (Å²) < 4.78 is 11.8. The summed E-state index contributed by atoms with van der Waals surface area (Å²) in [4.78, 5) is 9.06. The number of benzene rings is 2. The molecular weight excluding hydrogens is 420 g/mol. The highest BCUT2D eigenvalue weighted by atomic mass is 16.5. The fourth-order valence-corrected chi connectivity index (χ4v) is 4.14. The summed E-state index contributed by atoms with van der Waals surface area (Å²) in [5.41, 5.74) is 1.01. The summed E-state index contributed by atoms with van der Waals surface area (Å²) in [6.07, 6.45) is 18.8. The molecule has 0 fully saturated rings. The van der Waals surface area contributed by atoms with Gasteiger partial charge < -0.3 is 9.47 Å². The van der Waals surface area contributed by atoms with Crippen LogP contribution in [-0.4, -0.2) is 23.2 Å². The van der Waals surface area contributed by atoms with E-state index in [1.165, 1.54) is 69.6 Å². The molecule has 0 amide bonds. The van der Waals surface area contributed by atoms with Gasteiger partial charge in [0.2, 0.25) is 0 Å². The highest BCUT2D eigenvalue weighted by Gasteiger charge is 2.05. The molecule has 0 atom stereocenters. The van der Waals surface area contributed by atoms with Crippen molar-refractivity contribution in [1.29, 1.82) is 0 Å². The van der Waals surface area contributed by atoms with Crippen LogP contribution in [-0.2, 0) is 0 Å². The van der Waals surface area contributed by atoms with E-state index < -0.39 is 0 Å². The van der Waals surface area contributed by atoms with Crippen molar-refractivity contribution in [3.8, 4) is 22.9 Å². The van der Waals surface area contributed by atoms with E-state index in [-0.39, 0.29) is 0 Å². The summed E-state index contributed by atoms with van der Waals surface area (Å²) in [6.45, 7) is 6.01. The van der Waals surface area contributed by atoms with Gasteiger partial charge in [-0.2, -0.15) is 0 Å². The van der Waals surface area contributed by atoms with Crippen LogP contribution >= 0.6 is 0 Å². The van der Waals surface area contributed by atoms with Crippen LogP contribution in [0.1, 0.15) is 90.9 Å². The number of fused-ring (bicyclic) bond motifs is 1. The normalized spacial score (nSPS) is 11.1. The minimum Gasteiger partial charge on any atom is -0.494 e. The van der Waals surface area contributed by atoms with Gasteiger partial charge >= 0.3 is 0 Å². The number of nitrogens with zero attached hydrogens (tertiary/aromatic N) is 2. The van der Waals surface area contributed by atoms with Crippen molar-refractivity contribution < 1.29 is 9.47 Å². The lowest BCUT2D eigenvalue weighted by Gasteiger charge is -2.09. The lowest BCUT2D eigenvalue weighted by molar-refractivity contribution is 0.302. The molecule has 0 N–H and O–H groups in total. The Hall–Kier alpha value is -2.62. The lowest BCUT2D eigenvalue weighted by atomic mass is 10.1. The molecule has 1 heterocycles. The summed E-state index contributed by atoms with van der Waals surface area (Å²) in [5.74, 6) is 2.40. The van der Waals surface area contributed by atoms with Gasteiger partial charge in [0, 0.05) is 5.56 Å². The van der Waals surface area contributed by atoms with Crippen LogP contribution in [0.15, 0.2) is 48.8 Å². The Labute approximate surface area is 206 Å². The van der Waals surface area contributed by atoms with Crippen molar-refractivity contribution in [2.24, 2.45) is 0 Å². The van der Waals surface area contributed by atoms with Gasteiger partial charge in [-0.1, -0.05) is 96.3 Å². The average molecular weight is 463 g/mol. The number of unbranched alkanes of at least 4 members (excludes halogenated alkanes) is 10. The number of hydrogen-bond donors (Lipinski definition) is 0. The largest absolute Gasteiger partial charge is 0.494 e. The maximum absolute atomic E-state index is 5.97. The van der Waals surface area contributed by atoms with Gasteiger partial charge in [0.05, 0.1) is 25.6 Å². The molecular formula is C30H42N2O2. The molecule has 1 aromatic heterocycles. The van der Waals surface area contributed by atoms with Gasteiger partial charge in [-0.25, -0.2) is 9.97 Å². The average Bonchev–Trinajstić information content (AvgIpc) is 2.87. The third-order valence-corrected chi connectivity index (χ3v) is 6.23. The van der Waals surface area contributed by atoms with E-state index in [2.05, 4.69) is 60.2 Å². The molecule has 0 unspecified atom stereocenters. The number of rotatable bonds is 17. The van der Waals surface area contributed by atoms with Gasteiger partial charge in [0.15, 0.2) is 11.6 Å². The Bertz CT molecular complexity index is 956. The van der Waals surface area contributed by atoms with E-state index in [1.54, 1.807) is 12.4 Å². The molecule has 0 aliphatic carbocycles. The first-order valence-electron chi connectivity index (χ1n) is 13.4. The Morgan fingerprint density at radius 3 is 1.74 bits per heavy atom. The minimum atomic E-state index is 0.720. The topological polar surface area (TPSA) is 44.2 Å². The van der Waals surface area contributed by atoms with Gasteiger partial charge in [-0.15, -0.1) is 0 Å². The summed E-state index contributed by atoms with van der Waals surface area (Å²) >= 11 is 0. The second-order valence-electron chi connectivity index (χ2n) is 9.20. The van der Waals surface area contributed by atoms with Crippen LogP contribution in [0.5, 0.6) is 11.5 Å². The maximum atomic E-state index is 5.97. The molecule has 0 spiro atoms. The van der Waals surface area contributed by atoms with Crippen LogP contribution in [0.25, 0.3) is 22.2 Å². The van der Waals surface area contributed by atoms with Crippen molar-refractivity contribution in [3.63, 3.8) is 0 Å². The second-order valence-corrected chi connectivity index (χ2v) is 9.20. The van der Waals surface area contributed by atoms with Crippen molar-refractivity contribution in [2.45, 2.75) is 90.9 Å².